The van der Waals surface area contributed by atoms with Crippen LogP contribution in [0, 0.1) is 13.8 Å². The second-order valence-electron chi connectivity index (χ2n) is 15.2. The van der Waals surface area contributed by atoms with Crippen molar-refractivity contribution in [3.05, 3.63) is 94.0 Å². The molecule has 6 N–H and O–H groups in total. The number of benzene rings is 6. The third kappa shape index (κ3) is 8.22. The van der Waals surface area contributed by atoms with E-state index in [1.54, 1.807) is 52.3 Å². The molecule has 12 nitrogen and oxygen atoms in total. The first-order chi connectivity index (χ1) is 28.7. The van der Waals surface area contributed by atoms with Crippen molar-refractivity contribution in [3.8, 4) is 68.6 Å². The molecule has 0 radical (unpaired) electrons. The molecule has 0 spiro atoms. The second kappa shape index (κ2) is 18.0. The third-order valence-corrected chi connectivity index (χ3v) is 10.5. The van der Waals surface area contributed by atoms with Gasteiger partial charge in [-0.1, -0.05) is 52.0 Å². The van der Waals surface area contributed by atoms with Crippen LogP contribution in [-0.2, 0) is 0 Å². The molecular formula is C48H52N2O10. The van der Waals surface area contributed by atoms with Crippen LogP contribution in [0.2, 0.25) is 0 Å². The highest BCUT2D eigenvalue weighted by Gasteiger charge is 2.29. The first-order valence-corrected chi connectivity index (χ1v) is 19.7. The van der Waals surface area contributed by atoms with Crippen LogP contribution in [-0.4, -0.2) is 83.6 Å². The van der Waals surface area contributed by atoms with E-state index in [0.717, 1.165) is 0 Å². The zero-order valence-corrected chi connectivity index (χ0v) is 35.1. The fraction of sp³-hybridized carbons (Fsp3) is 0.292. The minimum absolute atomic E-state index is 0.0820. The van der Waals surface area contributed by atoms with Crippen LogP contribution < -0.4 is 18.9 Å². The molecule has 0 amide bonds. The number of phenols is 6. The van der Waals surface area contributed by atoms with Gasteiger partial charge in [-0.3, -0.25) is 9.98 Å². The Morgan fingerprint density at radius 2 is 0.883 bits per heavy atom. The minimum atomic E-state index is -0.455. The summed E-state index contributed by atoms with van der Waals surface area (Å²) in [5, 5.41) is 71.9. The number of rotatable bonds is 15. The van der Waals surface area contributed by atoms with Crippen LogP contribution >= 0.6 is 0 Å². The number of aryl methyl sites for hydroxylation is 2. The Morgan fingerprint density at radius 1 is 0.517 bits per heavy atom. The highest BCUT2D eigenvalue weighted by Crippen LogP contribution is 2.54. The standard InChI is InChI=1S/C48H52N2O10/c1-25(2)37-33-19-27(5)39(45(53)41(33)35(43(51)47(37)55)23-49-15-17-59-31-13-9-11-29(21-31)57-7)40-28(6)20-34-38(26(3)4)48(56)44(52)36(42(34)46(40)54)24-50-16-18-60-32-14-10-12-30(22-32)58-8/h9-14,19-26,51-56H,15-18H2,1-8H3. The molecule has 0 saturated heterocycles. The normalized spacial score (nSPS) is 11.8. The van der Waals surface area contributed by atoms with Crippen molar-refractivity contribution in [2.75, 3.05) is 40.5 Å². The summed E-state index contributed by atoms with van der Waals surface area (Å²) in [7, 11) is 3.14. The zero-order chi connectivity index (χ0) is 43.4. The van der Waals surface area contributed by atoms with E-state index in [0.29, 0.717) is 56.0 Å². The first kappa shape index (κ1) is 42.8. The van der Waals surface area contributed by atoms with E-state index in [2.05, 4.69) is 9.98 Å². The number of fused-ring (bicyclic) bond motifs is 2. The van der Waals surface area contributed by atoms with E-state index >= 15 is 0 Å². The predicted molar refractivity (Wildman–Crippen MR) is 236 cm³/mol. The number of hydrogen-bond acceptors (Lipinski definition) is 12. The lowest BCUT2D eigenvalue weighted by Crippen LogP contribution is -2.03. The fourth-order valence-corrected chi connectivity index (χ4v) is 7.75. The summed E-state index contributed by atoms with van der Waals surface area (Å²) in [6.07, 6.45) is 2.79. The maximum absolute atomic E-state index is 12.4. The topological polar surface area (TPSA) is 183 Å². The number of phenolic OH excluding ortho intramolecular Hbond substituents is 6. The van der Waals surface area contributed by atoms with Crippen molar-refractivity contribution in [2.24, 2.45) is 9.98 Å². The molecule has 0 saturated carbocycles. The molecule has 0 aliphatic carbocycles. The van der Waals surface area contributed by atoms with Crippen LogP contribution in [0.3, 0.4) is 0 Å². The van der Waals surface area contributed by atoms with Gasteiger partial charge < -0.3 is 49.6 Å². The van der Waals surface area contributed by atoms with Crippen molar-refractivity contribution in [2.45, 2.75) is 53.4 Å². The lowest BCUT2D eigenvalue weighted by Gasteiger charge is -2.23. The van der Waals surface area contributed by atoms with Crippen LogP contribution in [0.1, 0.15) is 72.9 Å². The lowest BCUT2D eigenvalue weighted by atomic mass is 9.83. The molecule has 6 aromatic carbocycles. The van der Waals surface area contributed by atoms with Crippen LogP contribution in [0.5, 0.6) is 57.5 Å². The number of ether oxygens (including phenoxy) is 4. The first-order valence-electron chi connectivity index (χ1n) is 19.7. The van der Waals surface area contributed by atoms with E-state index in [-0.39, 0.29) is 94.2 Å². The Labute approximate surface area is 349 Å². The lowest BCUT2D eigenvalue weighted by molar-refractivity contribution is 0.325. The Bertz CT molecular complexity index is 2450. The van der Waals surface area contributed by atoms with Gasteiger partial charge in [0.15, 0.2) is 23.0 Å². The summed E-state index contributed by atoms with van der Waals surface area (Å²) in [6.45, 7) is 11.8. The van der Waals surface area contributed by atoms with Gasteiger partial charge in [-0.15, -0.1) is 0 Å². The number of hydrogen-bond donors (Lipinski definition) is 6. The van der Waals surface area contributed by atoms with Gasteiger partial charge in [0.2, 0.25) is 0 Å². The van der Waals surface area contributed by atoms with Gasteiger partial charge in [0.05, 0.1) is 27.3 Å². The summed E-state index contributed by atoms with van der Waals surface area (Å²) in [5.74, 6) is -0.0984. The van der Waals surface area contributed by atoms with Crippen molar-refractivity contribution in [1.82, 2.24) is 0 Å². The van der Waals surface area contributed by atoms with Gasteiger partial charge in [-0.25, -0.2) is 0 Å². The number of aliphatic imine (C=N–C) groups is 2. The molecule has 0 heterocycles. The average molecular weight is 817 g/mol. The zero-order valence-electron chi connectivity index (χ0n) is 35.1. The van der Waals surface area contributed by atoms with Crippen LogP contribution in [0.25, 0.3) is 32.7 Å². The summed E-state index contributed by atoms with van der Waals surface area (Å²) < 4.78 is 22.2. The molecule has 12 heteroatoms. The highest BCUT2D eigenvalue weighted by molar-refractivity contribution is 6.15. The number of methoxy groups -OCH3 is 2. The molecule has 314 valence electrons. The quantitative estimate of drug-likeness (QED) is 0.0331. The molecule has 0 fully saturated rings. The molecule has 0 aromatic heterocycles. The molecule has 6 rings (SSSR count). The SMILES string of the molecule is COc1cccc(OCCN=Cc2c(O)c(O)c(C(C)C)c3cc(C)c(-c4c(C)cc5c(C(C)C)c(O)c(O)c(C=NCCOc6cccc(OC)c6)c5c4O)c(O)c23)c1. The molecule has 0 aliphatic rings. The summed E-state index contributed by atoms with van der Waals surface area (Å²) in [6, 6.07) is 17.9. The van der Waals surface area contributed by atoms with Crippen molar-refractivity contribution >= 4 is 34.0 Å². The maximum atomic E-state index is 12.4. The molecule has 60 heavy (non-hydrogen) atoms. The summed E-state index contributed by atoms with van der Waals surface area (Å²) in [4.78, 5) is 8.99. The number of nitrogens with zero attached hydrogens (tertiary/aromatic N) is 2. The van der Waals surface area contributed by atoms with E-state index in [9.17, 15) is 30.6 Å². The van der Waals surface area contributed by atoms with E-state index in [1.165, 1.54) is 12.4 Å². The molecule has 0 bridgehead atoms. The third-order valence-electron chi connectivity index (χ3n) is 10.5. The van der Waals surface area contributed by atoms with E-state index in [1.807, 2.05) is 64.1 Å². The highest BCUT2D eigenvalue weighted by atomic mass is 16.5. The monoisotopic (exact) mass is 816 g/mol. The van der Waals surface area contributed by atoms with Gasteiger partial charge in [0.1, 0.15) is 47.7 Å². The molecular weight excluding hydrogens is 765 g/mol. The van der Waals surface area contributed by atoms with E-state index in [4.69, 9.17) is 18.9 Å². The second-order valence-corrected chi connectivity index (χ2v) is 15.2. The van der Waals surface area contributed by atoms with Gasteiger partial charge >= 0.3 is 0 Å². The van der Waals surface area contributed by atoms with Crippen molar-refractivity contribution in [3.63, 3.8) is 0 Å². The molecule has 6 aromatic rings. The maximum Gasteiger partial charge on any atom is 0.167 e. The van der Waals surface area contributed by atoms with Gasteiger partial charge in [0, 0.05) is 68.7 Å². The Kier molecular flexibility index (Phi) is 12.8. The van der Waals surface area contributed by atoms with Crippen LogP contribution in [0.4, 0.5) is 0 Å². The Balaban J connectivity index is 1.48. The summed E-state index contributed by atoms with van der Waals surface area (Å²) in [5.41, 5.74) is 2.69. The van der Waals surface area contributed by atoms with Crippen molar-refractivity contribution in [1.29, 1.82) is 0 Å². The summed E-state index contributed by atoms with van der Waals surface area (Å²) >= 11 is 0. The van der Waals surface area contributed by atoms with Crippen molar-refractivity contribution < 1.29 is 49.6 Å². The number of aromatic hydroxyl groups is 6. The molecule has 0 unspecified atom stereocenters. The van der Waals surface area contributed by atoms with Crippen LogP contribution in [0.15, 0.2) is 70.6 Å². The van der Waals surface area contributed by atoms with Gasteiger partial charge in [-0.2, -0.15) is 0 Å². The largest absolute Gasteiger partial charge is 0.507 e. The Morgan fingerprint density at radius 3 is 1.23 bits per heavy atom. The molecule has 0 aliphatic heterocycles. The van der Waals surface area contributed by atoms with Gasteiger partial charge in [-0.05, 0) is 71.8 Å². The molecule has 0 atom stereocenters. The Hall–Kier alpha value is -6.82. The smallest absolute Gasteiger partial charge is 0.167 e. The predicted octanol–water partition coefficient (Wildman–Crippen LogP) is 9.77. The fourth-order valence-electron chi connectivity index (χ4n) is 7.75. The van der Waals surface area contributed by atoms with Gasteiger partial charge in [0.25, 0.3) is 0 Å². The average Bonchev–Trinajstić information content (AvgIpc) is 3.21. The minimum Gasteiger partial charge on any atom is -0.507 e. The van der Waals surface area contributed by atoms with E-state index < -0.39 is 11.5 Å².